The summed E-state index contributed by atoms with van der Waals surface area (Å²) in [6.07, 6.45) is 0.0467. The quantitative estimate of drug-likeness (QED) is 0.870. The number of hydrogen-bond acceptors (Lipinski definition) is 3. The fourth-order valence-corrected chi connectivity index (χ4v) is 2.36. The summed E-state index contributed by atoms with van der Waals surface area (Å²) in [4.78, 5) is 11.4. The second-order valence-electron chi connectivity index (χ2n) is 4.02. The summed E-state index contributed by atoms with van der Waals surface area (Å²) in [5, 5.41) is 0. The molecule has 0 bridgehead atoms. The van der Waals surface area contributed by atoms with E-state index in [-0.39, 0.29) is 18.2 Å². The highest BCUT2D eigenvalue weighted by molar-refractivity contribution is 9.10. The number of esters is 1. The van der Waals surface area contributed by atoms with Gasteiger partial charge in [-0.1, -0.05) is 22.0 Å². The maximum atomic E-state index is 13.0. The number of hydrogen-bond donors (Lipinski definition) is 1. The van der Waals surface area contributed by atoms with Crippen molar-refractivity contribution in [1.82, 2.24) is 0 Å². The van der Waals surface area contributed by atoms with Gasteiger partial charge in [-0.2, -0.15) is 0 Å². The maximum Gasteiger partial charge on any atom is 0.307 e. The first-order valence-corrected chi connectivity index (χ1v) is 6.06. The minimum absolute atomic E-state index is 0.0467. The van der Waals surface area contributed by atoms with Gasteiger partial charge in [-0.15, -0.1) is 0 Å². The number of carbonyl (C=O) groups is 1. The van der Waals surface area contributed by atoms with Gasteiger partial charge >= 0.3 is 5.97 Å². The molecule has 0 amide bonds. The predicted molar refractivity (Wildman–Crippen MR) is 66.9 cm³/mol. The second-order valence-corrected chi connectivity index (χ2v) is 4.88. The zero-order valence-corrected chi connectivity index (χ0v) is 11.4. The van der Waals surface area contributed by atoms with Crippen LogP contribution in [0.1, 0.15) is 25.8 Å². The van der Waals surface area contributed by atoms with Crippen molar-refractivity contribution in [2.45, 2.75) is 25.8 Å². The van der Waals surface area contributed by atoms with Gasteiger partial charge in [-0.05, 0) is 31.5 Å². The molecule has 5 heteroatoms. The Balaban J connectivity index is 2.92. The molecule has 94 valence electrons. The van der Waals surface area contributed by atoms with Crippen molar-refractivity contribution >= 4 is 21.9 Å². The Labute approximate surface area is 108 Å². The molecule has 0 fully saturated rings. The normalized spacial score (nSPS) is 14.2. The fraction of sp³-hybridized carbons (Fsp3) is 0.417. The number of carbonyl (C=O) groups excluding carboxylic acids is 1. The van der Waals surface area contributed by atoms with Gasteiger partial charge in [0.25, 0.3) is 0 Å². The van der Waals surface area contributed by atoms with Crippen LogP contribution in [0.3, 0.4) is 0 Å². The van der Waals surface area contributed by atoms with Gasteiger partial charge in [-0.25, -0.2) is 4.39 Å². The zero-order valence-electron chi connectivity index (χ0n) is 9.80. The van der Waals surface area contributed by atoms with E-state index < -0.39 is 5.54 Å². The van der Waals surface area contributed by atoms with E-state index in [2.05, 4.69) is 15.9 Å². The Morgan fingerprint density at radius 1 is 1.59 bits per heavy atom. The van der Waals surface area contributed by atoms with E-state index in [1.54, 1.807) is 19.9 Å². The Morgan fingerprint density at radius 3 is 2.76 bits per heavy atom. The van der Waals surface area contributed by atoms with Crippen molar-refractivity contribution in [3.8, 4) is 0 Å². The van der Waals surface area contributed by atoms with Crippen LogP contribution in [-0.2, 0) is 15.1 Å². The van der Waals surface area contributed by atoms with E-state index >= 15 is 0 Å². The fourth-order valence-electron chi connectivity index (χ4n) is 1.56. The molecule has 2 N–H and O–H groups in total. The van der Waals surface area contributed by atoms with Crippen molar-refractivity contribution in [1.29, 1.82) is 0 Å². The molecular weight excluding hydrogens is 289 g/mol. The van der Waals surface area contributed by atoms with E-state index in [1.165, 1.54) is 12.1 Å². The summed E-state index contributed by atoms with van der Waals surface area (Å²) in [5.74, 6) is -0.721. The van der Waals surface area contributed by atoms with Gasteiger partial charge in [0, 0.05) is 10.0 Å². The molecule has 0 spiro atoms. The van der Waals surface area contributed by atoms with Gasteiger partial charge in [0.1, 0.15) is 5.82 Å². The van der Waals surface area contributed by atoms with Gasteiger partial charge in [-0.3, -0.25) is 4.79 Å². The van der Waals surface area contributed by atoms with Gasteiger partial charge in [0.05, 0.1) is 13.0 Å². The number of ether oxygens (including phenoxy) is 1. The lowest BCUT2D eigenvalue weighted by molar-refractivity contribution is -0.144. The largest absolute Gasteiger partial charge is 0.466 e. The van der Waals surface area contributed by atoms with Crippen LogP contribution in [-0.4, -0.2) is 12.6 Å². The highest BCUT2D eigenvalue weighted by Gasteiger charge is 2.27. The summed E-state index contributed by atoms with van der Waals surface area (Å²) in [7, 11) is 0. The van der Waals surface area contributed by atoms with E-state index in [4.69, 9.17) is 10.5 Å². The first kappa shape index (κ1) is 14.1. The molecule has 1 atom stereocenters. The molecule has 0 heterocycles. The van der Waals surface area contributed by atoms with Crippen LogP contribution in [0.2, 0.25) is 0 Å². The highest BCUT2D eigenvalue weighted by Crippen LogP contribution is 2.29. The van der Waals surface area contributed by atoms with E-state index in [0.29, 0.717) is 16.6 Å². The molecule has 0 aliphatic rings. The molecule has 0 saturated carbocycles. The SMILES string of the molecule is CCOC(=O)CC(C)(N)c1ccc(F)cc1Br. The molecule has 0 aromatic heterocycles. The smallest absolute Gasteiger partial charge is 0.307 e. The lowest BCUT2D eigenvalue weighted by Gasteiger charge is -2.25. The molecule has 0 saturated heterocycles. The molecule has 1 aromatic carbocycles. The Bertz CT molecular complexity index is 421. The van der Waals surface area contributed by atoms with Crippen molar-refractivity contribution < 1.29 is 13.9 Å². The van der Waals surface area contributed by atoms with Crippen LogP contribution < -0.4 is 5.73 Å². The first-order valence-electron chi connectivity index (χ1n) is 5.27. The van der Waals surface area contributed by atoms with Crippen LogP contribution in [0, 0.1) is 5.82 Å². The Hall–Kier alpha value is -0.940. The van der Waals surface area contributed by atoms with Crippen LogP contribution in [0.5, 0.6) is 0 Å². The molecule has 0 aliphatic carbocycles. The third-order valence-electron chi connectivity index (χ3n) is 2.36. The molecule has 1 unspecified atom stereocenters. The number of nitrogens with two attached hydrogens (primary N) is 1. The van der Waals surface area contributed by atoms with Crippen LogP contribution in [0.25, 0.3) is 0 Å². The van der Waals surface area contributed by atoms with Crippen molar-refractivity contribution in [2.75, 3.05) is 6.61 Å². The van der Waals surface area contributed by atoms with Crippen LogP contribution >= 0.6 is 15.9 Å². The molecule has 1 aromatic rings. The van der Waals surface area contributed by atoms with E-state index in [0.717, 1.165) is 0 Å². The summed E-state index contributed by atoms with van der Waals surface area (Å²) in [6, 6.07) is 4.21. The third kappa shape index (κ3) is 3.78. The van der Waals surface area contributed by atoms with Crippen LogP contribution in [0.15, 0.2) is 22.7 Å². The summed E-state index contributed by atoms with van der Waals surface area (Å²) >= 11 is 3.24. The van der Waals surface area contributed by atoms with Gasteiger partial charge < -0.3 is 10.5 Å². The maximum absolute atomic E-state index is 13.0. The van der Waals surface area contributed by atoms with Gasteiger partial charge in [0.2, 0.25) is 0 Å². The monoisotopic (exact) mass is 303 g/mol. The molecule has 0 radical (unpaired) electrons. The van der Waals surface area contributed by atoms with E-state index in [9.17, 15) is 9.18 Å². The average molecular weight is 304 g/mol. The minimum Gasteiger partial charge on any atom is -0.466 e. The standard InChI is InChI=1S/C12H15BrFNO2/c1-3-17-11(16)7-12(2,15)9-5-4-8(14)6-10(9)13/h4-6H,3,7,15H2,1-2H3. The lowest BCUT2D eigenvalue weighted by Crippen LogP contribution is -2.36. The highest BCUT2D eigenvalue weighted by atomic mass is 79.9. The Morgan fingerprint density at radius 2 is 2.24 bits per heavy atom. The zero-order chi connectivity index (χ0) is 13.1. The number of rotatable bonds is 4. The predicted octanol–water partition coefficient (Wildman–Crippen LogP) is 2.72. The summed E-state index contributed by atoms with van der Waals surface area (Å²) in [5.41, 5.74) is 5.85. The van der Waals surface area contributed by atoms with E-state index in [1.807, 2.05) is 0 Å². The van der Waals surface area contributed by atoms with Crippen molar-refractivity contribution in [2.24, 2.45) is 5.73 Å². The summed E-state index contributed by atoms with van der Waals surface area (Å²) in [6.45, 7) is 3.76. The first-order chi connectivity index (χ1) is 7.86. The second kappa shape index (κ2) is 5.60. The lowest BCUT2D eigenvalue weighted by atomic mass is 9.90. The van der Waals surface area contributed by atoms with Crippen molar-refractivity contribution in [3.05, 3.63) is 34.1 Å². The molecule has 1 rings (SSSR count). The van der Waals surface area contributed by atoms with Gasteiger partial charge in [0.15, 0.2) is 0 Å². The summed E-state index contributed by atoms with van der Waals surface area (Å²) < 4.78 is 18.4. The molecule has 17 heavy (non-hydrogen) atoms. The van der Waals surface area contributed by atoms with Crippen LogP contribution in [0.4, 0.5) is 4.39 Å². The topological polar surface area (TPSA) is 52.3 Å². The molecule has 0 aliphatic heterocycles. The third-order valence-corrected chi connectivity index (χ3v) is 3.02. The Kier molecular flexibility index (Phi) is 4.65. The number of halogens is 2. The molecule has 3 nitrogen and oxygen atoms in total. The minimum atomic E-state index is -0.890. The number of benzene rings is 1. The molecular formula is C12H15BrFNO2. The average Bonchev–Trinajstić information content (AvgIpc) is 2.15. The van der Waals surface area contributed by atoms with Crippen molar-refractivity contribution in [3.63, 3.8) is 0 Å².